The van der Waals surface area contributed by atoms with E-state index >= 15 is 0 Å². The molecule has 21 heavy (non-hydrogen) atoms. The molecule has 2 heterocycles. The molecule has 0 unspecified atom stereocenters. The first-order valence-electron chi connectivity index (χ1n) is 7.18. The Kier molecular flexibility index (Phi) is 4.45. The lowest BCUT2D eigenvalue weighted by molar-refractivity contribution is 0.446. The average molecular weight is 289 g/mol. The highest BCUT2D eigenvalue weighted by atomic mass is 16.5. The fourth-order valence-electron chi connectivity index (χ4n) is 1.73. The zero-order valence-electron chi connectivity index (χ0n) is 13.3. The van der Waals surface area contributed by atoms with Crippen molar-refractivity contribution in [1.82, 2.24) is 19.7 Å². The molecule has 0 amide bonds. The predicted octanol–water partition coefficient (Wildman–Crippen LogP) is 3.12. The molecule has 2 aromatic rings. The highest BCUT2D eigenvalue weighted by molar-refractivity contribution is 5.40. The second-order valence-electron chi connectivity index (χ2n) is 6.04. The standard InChI is InChI=1S/C15H23N5O/c1-6-7-16-12-8-13(19-14(18-12)15(2,3)4)21-11-9-17-20(5)10-11/h8-10H,6-7H2,1-5H3,(H,16,18,19). The second kappa shape index (κ2) is 6.11. The van der Waals surface area contributed by atoms with Crippen LogP contribution in [0.5, 0.6) is 11.6 Å². The monoisotopic (exact) mass is 289 g/mol. The molecule has 114 valence electrons. The SMILES string of the molecule is CCCNc1cc(Oc2cnn(C)c2)nc(C(C)(C)C)n1. The third kappa shape index (κ3) is 4.18. The van der Waals surface area contributed by atoms with E-state index in [1.165, 1.54) is 0 Å². The summed E-state index contributed by atoms with van der Waals surface area (Å²) in [6, 6.07) is 1.82. The number of aryl methyl sites for hydroxylation is 1. The number of aromatic nitrogens is 4. The molecule has 0 bridgehead atoms. The molecule has 0 aliphatic carbocycles. The van der Waals surface area contributed by atoms with Crippen molar-refractivity contribution in [2.75, 3.05) is 11.9 Å². The summed E-state index contributed by atoms with van der Waals surface area (Å²) in [5, 5.41) is 7.37. The molecule has 0 atom stereocenters. The van der Waals surface area contributed by atoms with Crippen molar-refractivity contribution in [3.05, 3.63) is 24.3 Å². The van der Waals surface area contributed by atoms with Crippen molar-refractivity contribution in [2.45, 2.75) is 39.5 Å². The molecule has 0 aliphatic rings. The highest BCUT2D eigenvalue weighted by Gasteiger charge is 2.20. The minimum atomic E-state index is -0.142. The van der Waals surface area contributed by atoms with Gasteiger partial charge in [-0.25, -0.2) is 4.98 Å². The highest BCUT2D eigenvalue weighted by Crippen LogP contribution is 2.26. The number of rotatable bonds is 5. The summed E-state index contributed by atoms with van der Waals surface area (Å²) in [6.45, 7) is 9.23. The van der Waals surface area contributed by atoms with Gasteiger partial charge in [0.1, 0.15) is 11.6 Å². The Labute approximate surface area is 125 Å². The van der Waals surface area contributed by atoms with Crippen molar-refractivity contribution < 1.29 is 4.74 Å². The third-order valence-electron chi connectivity index (χ3n) is 2.83. The molecule has 0 fully saturated rings. The Morgan fingerprint density at radius 2 is 2.05 bits per heavy atom. The van der Waals surface area contributed by atoms with E-state index in [2.05, 4.69) is 48.1 Å². The van der Waals surface area contributed by atoms with Gasteiger partial charge in [-0.15, -0.1) is 0 Å². The van der Waals surface area contributed by atoms with Crippen LogP contribution in [0, 0.1) is 0 Å². The minimum absolute atomic E-state index is 0.142. The van der Waals surface area contributed by atoms with E-state index in [9.17, 15) is 0 Å². The maximum absolute atomic E-state index is 5.78. The van der Waals surface area contributed by atoms with Crippen LogP contribution in [0.4, 0.5) is 5.82 Å². The second-order valence-corrected chi connectivity index (χ2v) is 6.04. The van der Waals surface area contributed by atoms with Crippen molar-refractivity contribution in [1.29, 1.82) is 0 Å². The lowest BCUT2D eigenvalue weighted by Gasteiger charge is -2.18. The molecule has 0 saturated carbocycles. The van der Waals surface area contributed by atoms with Crippen LogP contribution in [-0.2, 0) is 12.5 Å². The molecule has 2 rings (SSSR count). The summed E-state index contributed by atoms with van der Waals surface area (Å²) in [5.41, 5.74) is -0.142. The normalized spacial score (nSPS) is 11.5. The van der Waals surface area contributed by atoms with E-state index in [1.54, 1.807) is 17.1 Å². The number of anilines is 1. The lowest BCUT2D eigenvalue weighted by atomic mass is 9.96. The van der Waals surface area contributed by atoms with Gasteiger partial charge in [0, 0.05) is 25.1 Å². The first-order valence-corrected chi connectivity index (χ1v) is 7.18. The van der Waals surface area contributed by atoms with Crippen LogP contribution in [0.1, 0.15) is 39.9 Å². The van der Waals surface area contributed by atoms with Gasteiger partial charge in [0.2, 0.25) is 5.88 Å². The first kappa shape index (κ1) is 15.3. The Bertz CT molecular complexity index is 600. The van der Waals surface area contributed by atoms with E-state index in [1.807, 2.05) is 13.1 Å². The fourth-order valence-corrected chi connectivity index (χ4v) is 1.73. The van der Waals surface area contributed by atoms with Gasteiger partial charge in [-0.3, -0.25) is 4.68 Å². The molecule has 1 N–H and O–H groups in total. The topological polar surface area (TPSA) is 64.9 Å². The summed E-state index contributed by atoms with van der Waals surface area (Å²) >= 11 is 0. The van der Waals surface area contributed by atoms with Crippen LogP contribution < -0.4 is 10.1 Å². The number of nitrogens with one attached hydrogen (secondary N) is 1. The zero-order valence-corrected chi connectivity index (χ0v) is 13.3. The van der Waals surface area contributed by atoms with Crippen LogP contribution in [-0.4, -0.2) is 26.3 Å². The van der Waals surface area contributed by atoms with Crippen LogP contribution in [0.15, 0.2) is 18.5 Å². The molecule has 0 aromatic carbocycles. The summed E-state index contributed by atoms with van der Waals surface area (Å²) in [7, 11) is 1.85. The maximum atomic E-state index is 5.78. The Hall–Kier alpha value is -2.11. The summed E-state index contributed by atoms with van der Waals surface area (Å²) in [5.74, 6) is 2.73. The number of hydrogen-bond acceptors (Lipinski definition) is 5. The van der Waals surface area contributed by atoms with Gasteiger partial charge in [0.25, 0.3) is 0 Å². The Morgan fingerprint density at radius 3 is 2.62 bits per heavy atom. The molecule has 0 spiro atoms. The van der Waals surface area contributed by atoms with E-state index in [0.29, 0.717) is 11.6 Å². The van der Waals surface area contributed by atoms with Crippen molar-refractivity contribution >= 4 is 5.82 Å². The summed E-state index contributed by atoms with van der Waals surface area (Å²) in [6.07, 6.45) is 4.50. The molecule has 6 heteroatoms. The van der Waals surface area contributed by atoms with Gasteiger partial charge in [-0.05, 0) is 6.42 Å². The van der Waals surface area contributed by atoms with E-state index in [0.717, 1.165) is 24.6 Å². The van der Waals surface area contributed by atoms with Crippen molar-refractivity contribution in [2.24, 2.45) is 7.05 Å². The van der Waals surface area contributed by atoms with Gasteiger partial charge < -0.3 is 10.1 Å². The number of hydrogen-bond donors (Lipinski definition) is 1. The van der Waals surface area contributed by atoms with E-state index in [-0.39, 0.29) is 5.41 Å². The predicted molar refractivity (Wildman–Crippen MR) is 82.8 cm³/mol. The van der Waals surface area contributed by atoms with Gasteiger partial charge in [0.05, 0.1) is 12.4 Å². The first-order chi connectivity index (χ1) is 9.88. The van der Waals surface area contributed by atoms with Crippen molar-refractivity contribution in [3.63, 3.8) is 0 Å². The molecule has 6 nitrogen and oxygen atoms in total. The molecule has 2 aromatic heterocycles. The summed E-state index contributed by atoms with van der Waals surface area (Å²) in [4.78, 5) is 9.07. The number of ether oxygens (including phenoxy) is 1. The quantitative estimate of drug-likeness (QED) is 0.916. The molecule has 0 saturated heterocycles. The van der Waals surface area contributed by atoms with Crippen molar-refractivity contribution in [3.8, 4) is 11.6 Å². The molecular weight excluding hydrogens is 266 g/mol. The number of nitrogens with zero attached hydrogens (tertiary/aromatic N) is 4. The largest absolute Gasteiger partial charge is 0.436 e. The van der Waals surface area contributed by atoms with Gasteiger partial charge >= 0.3 is 0 Å². The molecule has 0 radical (unpaired) electrons. The van der Waals surface area contributed by atoms with Gasteiger partial charge in [-0.2, -0.15) is 10.1 Å². The lowest BCUT2D eigenvalue weighted by Crippen LogP contribution is -2.17. The smallest absolute Gasteiger partial charge is 0.224 e. The van der Waals surface area contributed by atoms with E-state index in [4.69, 9.17) is 4.74 Å². The zero-order chi connectivity index (χ0) is 15.5. The van der Waals surface area contributed by atoms with E-state index < -0.39 is 0 Å². The van der Waals surface area contributed by atoms with Crippen LogP contribution in [0.25, 0.3) is 0 Å². The average Bonchev–Trinajstić information content (AvgIpc) is 2.80. The van der Waals surface area contributed by atoms with Crippen LogP contribution in [0.2, 0.25) is 0 Å². The summed E-state index contributed by atoms with van der Waals surface area (Å²) < 4.78 is 7.47. The molecular formula is C15H23N5O. The van der Waals surface area contributed by atoms with Crippen LogP contribution in [0.3, 0.4) is 0 Å². The third-order valence-corrected chi connectivity index (χ3v) is 2.83. The molecule has 0 aliphatic heterocycles. The maximum Gasteiger partial charge on any atom is 0.224 e. The fraction of sp³-hybridized carbons (Fsp3) is 0.533. The Morgan fingerprint density at radius 1 is 1.29 bits per heavy atom. The van der Waals surface area contributed by atoms with Crippen LogP contribution >= 0.6 is 0 Å². The van der Waals surface area contributed by atoms with Gasteiger partial charge in [-0.1, -0.05) is 27.7 Å². The van der Waals surface area contributed by atoms with Gasteiger partial charge in [0.15, 0.2) is 5.75 Å². The Balaban J connectivity index is 2.30. The minimum Gasteiger partial charge on any atom is -0.436 e.